The number of rotatable bonds is 3. The third kappa shape index (κ3) is 2.31. The molecular formula is C11H15NO2S. The van der Waals surface area contributed by atoms with Crippen LogP contribution < -0.4 is 5.32 Å². The van der Waals surface area contributed by atoms with Crippen LogP contribution in [0.3, 0.4) is 0 Å². The van der Waals surface area contributed by atoms with Gasteiger partial charge in [-0.25, -0.2) is 8.42 Å². The average Bonchev–Trinajstić information content (AvgIpc) is 2.58. The maximum Gasteiger partial charge on any atom is 0.152 e. The maximum atomic E-state index is 11.5. The van der Waals surface area contributed by atoms with E-state index >= 15 is 0 Å². The van der Waals surface area contributed by atoms with E-state index in [2.05, 4.69) is 5.32 Å². The maximum absolute atomic E-state index is 11.5. The van der Waals surface area contributed by atoms with Gasteiger partial charge < -0.3 is 5.32 Å². The Bertz CT molecular complexity index is 428. The van der Waals surface area contributed by atoms with Crippen LogP contribution in [0.25, 0.3) is 0 Å². The normalized spacial score (nSPS) is 19.7. The van der Waals surface area contributed by atoms with E-state index in [4.69, 9.17) is 0 Å². The molecule has 0 aromatic heterocycles. The zero-order chi connectivity index (χ0) is 10.9. The molecule has 0 saturated carbocycles. The van der Waals surface area contributed by atoms with Gasteiger partial charge in [0.1, 0.15) is 0 Å². The SMILES string of the molecule is CCS(=O)(=O)CC1Cc2ccccc2N1. The first-order valence-electron chi connectivity index (χ1n) is 5.15. The Kier molecular flexibility index (Phi) is 2.69. The first-order valence-corrected chi connectivity index (χ1v) is 6.98. The molecule has 0 amide bonds. The van der Waals surface area contributed by atoms with Crippen molar-refractivity contribution >= 4 is 15.5 Å². The van der Waals surface area contributed by atoms with E-state index < -0.39 is 9.84 Å². The second-order valence-corrected chi connectivity index (χ2v) is 6.30. The molecule has 4 heteroatoms. The summed E-state index contributed by atoms with van der Waals surface area (Å²) < 4.78 is 22.9. The van der Waals surface area contributed by atoms with Crippen molar-refractivity contribution < 1.29 is 8.42 Å². The number of nitrogens with one attached hydrogen (secondary N) is 1. The molecule has 2 rings (SSSR count). The minimum atomic E-state index is -2.88. The summed E-state index contributed by atoms with van der Waals surface area (Å²) in [5.74, 6) is 0.458. The molecule has 0 aliphatic carbocycles. The second-order valence-electron chi connectivity index (χ2n) is 3.90. The fourth-order valence-corrected chi connectivity index (χ4v) is 2.95. The number of hydrogen-bond donors (Lipinski definition) is 1. The molecule has 0 fully saturated rings. The Labute approximate surface area is 90.4 Å². The summed E-state index contributed by atoms with van der Waals surface area (Å²) in [7, 11) is -2.88. The van der Waals surface area contributed by atoms with Gasteiger partial charge in [-0.2, -0.15) is 0 Å². The highest BCUT2D eigenvalue weighted by Crippen LogP contribution is 2.25. The topological polar surface area (TPSA) is 46.2 Å². The molecule has 82 valence electrons. The van der Waals surface area contributed by atoms with Gasteiger partial charge in [-0.1, -0.05) is 25.1 Å². The van der Waals surface area contributed by atoms with E-state index in [1.165, 1.54) is 5.56 Å². The highest BCUT2D eigenvalue weighted by atomic mass is 32.2. The van der Waals surface area contributed by atoms with Crippen molar-refractivity contribution in [3.8, 4) is 0 Å². The minimum Gasteiger partial charge on any atom is -0.381 e. The summed E-state index contributed by atoms with van der Waals surface area (Å²) in [4.78, 5) is 0. The summed E-state index contributed by atoms with van der Waals surface area (Å²) in [6.45, 7) is 1.69. The summed E-state index contributed by atoms with van der Waals surface area (Å²) >= 11 is 0. The number of para-hydroxylation sites is 1. The number of hydrogen-bond acceptors (Lipinski definition) is 3. The lowest BCUT2D eigenvalue weighted by atomic mass is 10.1. The van der Waals surface area contributed by atoms with E-state index in [0.717, 1.165) is 12.1 Å². The molecule has 0 saturated heterocycles. The molecule has 0 spiro atoms. The van der Waals surface area contributed by atoms with Crippen LogP contribution in [0.5, 0.6) is 0 Å². The highest BCUT2D eigenvalue weighted by Gasteiger charge is 2.24. The van der Waals surface area contributed by atoms with Crippen LogP contribution >= 0.6 is 0 Å². The van der Waals surface area contributed by atoms with Gasteiger partial charge >= 0.3 is 0 Å². The summed E-state index contributed by atoms with van der Waals surface area (Å²) in [5, 5.41) is 3.25. The van der Waals surface area contributed by atoms with Crippen molar-refractivity contribution in [1.82, 2.24) is 0 Å². The first-order chi connectivity index (χ1) is 7.11. The molecule has 15 heavy (non-hydrogen) atoms. The largest absolute Gasteiger partial charge is 0.381 e. The molecule has 1 aliphatic rings. The van der Waals surface area contributed by atoms with Crippen molar-refractivity contribution in [2.24, 2.45) is 0 Å². The predicted octanol–water partition coefficient (Wildman–Crippen LogP) is 1.46. The van der Waals surface area contributed by atoms with Gasteiger partial charge in [0.15, 0.2) is 9.84 Å². The third-order valence-electron chi connectivity index (χ3n) is 2.74. The molecule has 3 nitrogen and oxygen atoms in total. The Balaban J connectivity index is 2.08. The van der Waals surface area contributed by atoms with Crippen LogP contribution in [0.15, 0.2) is 24.3 Å². The third-order valence-corrected chi connectivity index (χ3v) is 4.53. The van der Waals surface area contributed by atoms with E-state index in [-0.39, 0.29) is 17.5 Å². The number of benzene rings is 1. The molecule has 1 aromatic carbocycles. The predicted molar refractivity (Wildman–Crippen MR) is 61.9 cm³/mol. The van der Waals surface area contributed by atoms with Gasteiger partial charge in [0.05, 0.1) is 5.75 Å². The number of fused-ring (bicyclic) bond motifs is 1. The van der Waals surface area contributed by atoms with Crippen LogP contribution in [0.1, 0.15) is 12.5 Å². The van der Waals surface area contributed by atoms with Crippen molar-refractivity contribution in [2.75, 3.05) is 16.8 Å². The molecule has 1 unspecified atom stereocenters. The van der Waals surface area contributed by atoms with E-state index in [1.54, 1.807) is 6.92 Å². The van der Waals surface area contributed by atoms with Crippen molar-refractivity contribution in [1.29, 1.82) is 0 Å². The van der Waals surface area contributed by atoms with Crippen LogP contribution in [-0.2, 0) is 16.3 Å². The fraction of sp³-hybridized carbons (Fsp3) is 0.455. The van der Waals surface area contributed by atoms with Crippen LogP contribution in [0, 0.1) is 0 Å². The average molecular weight is 225 g/mol. The summed E-state index contributed by atoms with van der Waals surface area (Å²) in [5.41, 5.74) is 2.29. The Hall–Kier alpha value is -1.03. The molecule has 0 radical (unpaired) electrons. The molecule has 1 N–H and O–H groups in total. The van der Waals surface area contributed by atoms with Crippen LogP contribution in [0.4, 0.5) is 5.69 Å². The molecule has 1 aromatic rings. The Morgan fingerprint density at radius 1 is 1.40 bits per heavy atom. The lowest BCUT2D eigenvalue weighted by Crippen LogP contribution is -2.27. The molecule has 1 heterocycles. The van der Waals surface area contributed by atoms with Gasteiger partial charge in [0.25, 0.3) is 0 Å². The van der Waals surface area contributed by atoms with Crippen LogP contribution in [-0.4, -0.2) is 26.0 Å². The second kappa shape index (κ2) is 3.85. The van der Waals surface area contributed by atoms with Gasteiger partial charge in [0.2, 0.25) is 0 Å². The zero-order valence-corrected chi connectivity index (χ0v) is 9.55. The van der Waals surface area contributed by atoms with Gasteiger partial charge in [-0.3, -0.25) is 0 Å². The van der Waals surface area contributed by atoms with E-state index in [1.807, 2.05) is 24.3 Å². The van der Waals surface area contributed by atoms with Gasteiger partial charge in [-0.15, -0.1) is 0 Å². The van der Waals surface area contributed by atoms with E-state index in [0.29, 0.717) is 0 Å². The quantitative estimate of drug-likeness (QED) is 0.847. The number of sulfone groups is 1. The Morgan fingerprint density at radius 3 is 2.80 bits per heavy atom. The van der Waals surface area contributed by atoms with Crippen molar-refractivity contribution in [3.63, 3.8) is 0 Å². The Morgan fingerprint density at radius 2 is 2.13 bits per heavy atom. The summed E-state index contributed by atoms with van der Waals surface area (Å²) in [6.07, 6.45) is 0.815. The lowest BCUT2D eigenvalue weighted by Gasteiger charge is -2.10. The standard InChI is InChI=1S/C11H15NO2S/c1-2-15(13,14)8-10-7-9-5-3-4-6-11(9)12-10/h3-6,10,12H,2,7-8H2,1H3. The molecular weight excluding hydrogens is 210 g/mol. The van der Waals surface area contributed by atoms with Crippen LogP contribution in [0.2, 0.25) is 0 Å². The lowest BCUT2D eigenvalue weighted by molar-refractivity contribution is 0.592. The smallest absolute Gasteiger partial charge is 0.152 e. The fourth-order valence-electron chi connectivity index (χ4n) is 1.90. The first kappa shape index (κ1) is 10.5. The van der Waals surface area contributed by atoms with E-state index in [9.17, 15) is 8.42 Å². The van der Waals surface area contributed by atoms with Crippen molar-refractivity contribution in [3.05, 3.63) is 29.8 Å². The highest BCUT2D eigenvalue weighted by molar-refractivity contribution is 7.91. The monoisotopic (exact) mass is 225 g/mol. The molecule has 1 atom stereocenters. The van der Waals surface area contributed by atoms with Gasteiger partial charge in [0, 0.05) is 17.5 Å². The summed E-state index contributed by atoms with van der Waals surface area (Å²) in [6, 6.07) is 8.03. The van der Waals surface area contributed by atoms with Crippen molar-refractivity contribution in [2.45, 2.75) is 19.4 Å². The number of anilines is 1. The van der Waals surface area contributed by atoms with Gasteiger partial charge in [-0.05, 0) is 18.1 Å². The zero-order valence-electron chi connectivity index (χ0n) is 8.73. The minimum absolute atomic E-state index is 0.0485. The molecule has 0 bridgehead atoms. The molecule has 1 aliphatic heterocycles.